The molecule has 132 valence electrons. The molecular weight excluding hydrogens is 385 g/mol. The van der Waals surface area contributed by atoms with Gasteiger partial charge in [-0.05, 0) is 29.3 Å². The maximum Gasteiger partial charge on any atom is 0.321 e. The molecule has 0 saturated heterocycles. The van der Waals surface area contributed by atoms with Gasteiger partial charge in [0.2, 0.25) is 10.0 Å². The molecule has 2 rings (SSSR count). The zero-order chi connectivity index (χ0) is 18.3. The molecule has 1 N–H and O–H groups in total. The Hall–Kier alpha value is -1.86. The van der Waals surface area contributed by atoms with E-state index in [1.165, 1.54) is 6.08 Å². The van der Waals surface area contributed by atoms with Crippen molar-refractivity contribution in [3.05, 3.63) is 75.1 Å². The Morgan fingerprint density at radius 3 is 2.48 bits per heavy atom. The third-order valence-corrected chi connectivity index (χ3v) is 4.82. The fourth-order valence-corrected chi connectivity index (χ4v) is 2.86. The third kappa shape index (κ3) is 6.88. The molecule has 0 aliphatic rings. The summed E-state index contributed by atoms with van der Waals surface area (Å²) in [5, 5.41) is 1.74. The Morgan fingerprint density at radius 2 is 1.80 bits per heavy atom. The first-order valence-electron chi connectivity index (χ1n) is 7.18. The standard InChI is InChI=1S/C17H15Cl2NO4S/c18-15-7-6-14(10-16(15)19)12-24-17(21)11-20-25(22,23)9-8-13-4-2-1-3-5-13/h1-10,20H,11-12H2/b9-8+. The minimum absolute atomic E-state index is 0.0305. The highest BCUT2D eigenvalue weighted by Gasteiger charge is 2.10. The van der Waals surface area contributed by atoms with Crippen LogP contribution in [0.1, 0.15) is 11.1 Å². The van der Waals surface area contributed by atoms with Gasteiger partial charge in [-0.1, -0.05) is 59.6 Å². The SMILES string of the molecule is O=C(CNS(=O)(=O)/C=C/c1ccccc1)OCc1ccc(Cl)c(Cl)c1. The molecule has 25 heavy (non-hydrogen) atoms. The van der Waals surface area contributed by atoms with E-state index in [9.17, 15) is 13.2 Å². The molecule has 0 radical (unpaired) electrons. The monoisotopic (exact) mass is 399 g/mol. The van der Waals surface area contributed by atoms with Gasteiger partial charge in [0.05, 0.1) is 10.0 Å². The van der Waals surface area contributed by atoms with Crippen molar-refractivity contribution in [2.75, 3.05) is 6.54 Å². The number of carbonyl (C=O) groups excluding carboxylic acids is 1. The molecule has 8 heteroatoms. The molecule has 0 fully saturated rings. The summed E-state index contributed by atoms with van der Waals surface area (Å²) in [6.07, 6.45) is 1.43. The van der Waals surface area contributed by atoms with Crippen LogP contribution in [0.3, 0.4) is 0 Å². The summed E-state index contributed by atoms with van der Waals surface area (Å²) >= 11 is 11.7. The number of rotatable bonds is 7. The summed E-state index contributed by atoms with van der Waals surface area (Å²) in [4.78, 5) is 11.7. The van der Waals surface area contributed by atoms with Crippen LogP contribution in [0.5, 0.6) is 0 Å². The predicted molar refractivity (Wildman–Crippen MR) is 98.7 cm³/mol. The van der Waals surface area contributed by atoms with E-state index < -0.39 is 22.5 Å². The third-order valence-electron chi connectivity index (χ3n) is 3.04. The van der Waals surface area contributed by atoms with Crippen molar-refractivity contribution in [2.24, 2.45) is 0 Å². The molecule has 0 aliphatic heterocycles. The van der Waals surface area contributed by atoms with Crippen LogP contribution < -0.4 is 4.72 Å². The van der Waals surface area contributed by atoms with E-state index in [1.54, 1.807) is 42.5 Å². The average molecular weight is 400 g/mol. The Morgan fingerprint density at radius 1 is 1.08 bits per heavy atom. The number of hydrogen-bond acceptors (Lipinski definition) is 4. The van der Waals surface area contributed by atoms with Crippen LogP contribution in [-0.2, 0) is 26.2 Å². The van der Waals surface area contributed by atoms with Crippen LogP contribution in [-0.4, -0.2) is 20.9 Å². The second-order valence-electron chi connectivity index (χ2n) is 4.99. The number of halogens is 2. The van der Waals surface area contributed by atoms with Crippen molar-refractivity contribution < 1.29 is 17.9 Å². The van der Waals surface area contributed by atoms with Gasteiger partial charge in [-0.25, -0.2) is 13.1 Å². The van der Waals surface area contributed by atoms with E-state index in [0.29, 0.717) is 15.6 Å². The van der Waals surface area contributed by atoms with Gasteiger partial charge in [-0.2, -0.15) is 0 Å². The first kappa shape index (κ1) is 19.5. The van der Waals surface area contributed by atoms with Crippen LogP contribution in [0, 0.1) is 0 Å². The molecule has 0 bridgehead atoms. The Balaban J connectivity index is 1.82. The lowest BCUT2D eigenvalue weighted by molar-refractivity contribution is -0.143. The van der Waals surface area contributed by atoms with Gasteiger partial charge in [0, 0.05) is 5.41 Å². The lowest BCUT2D eigenvalue weighted by Crippen LogP contribution is -2.29. The molecular formula is C17H15Cl2NO4S. The van der Waals surface area contributed by atoms with E-state index in [1.807, 2.05) is 6.07 Å². The highest BCUT2D eigenvalue weighted by molar-refractivity contribution is 7.92. The lowest BCUT2D eigenvalue weighted by atomic mass is 10.2. The first-order chi connectivity index (χ1) is 11.9. The molecule has 5 nitrogen and oxygen atoms in total. The number of sulfonamides is 1. The molecule has 2 aromatic rings. The van der Waals surface area contributed by atoms with Crippen molar-refractivity contribution in [1.29, 1.82) is 0 Å². The summed E-state index contributed by atoms with van der Waals surface area (Å²) in [5.41, 5.74) is 1.38. The number of esters is 1. The maximum atomic E-state index is 11.8. The van der Waals surface area contributed by atoms with Gasteiger partial charge in [0.15, 0.2) is 0 Å². The number of carbonyl (C=O) groups is 1. The fourth-order valence-electron chi connectivity index (χ4n) is 1.78. The Bertz CT molecular complexity index is 867. The summed E-state index contributed by atoms with van der Waals surface area (Å²) in [5.74, 6) is -0.706. The zero-order valence-electron chi connectivity index (χ0n) is 13.0. The van der Waals surface area contributed by atoms with E-state index in [4.69, 9.17) is 27.9 Å². The highest BCUT2D eigenvalue weighted by atomic mass is 35.5. The molecule has 0 heterocycles. The van der Waals surface area contributed by atoms with Crippen LogP contribution >= 0.6 is 23.2 Å². The second-order valence-corrected chi connectivity index (χ2v) is 7.45. The van der Waals surface area contributed by atoms with Gasteiger partial charge in [-0.15, -0.1) is 0 Å². The first-order valence-corrected chi connectivity index (χ1v) is 9.48. The fraction of sp³-hybridized carbons (Fsp3) is 0.118. The van der Waals surface area contributed by atoms with Crippen LogP contribution in [0.25, 0.3) is 6.08 Å². The minimum atomic E-state index is -3.74. The Labute approximate surface area is 156 Å². The molecule has 0 aromatic heterocycles. The van der Waals surface area contributed by atoms with Crippen molar-refractivity contribution in [2.45, 2.75) is 6.61 Å². The van der Waals surface area contributed by atoms with Gasteiger partial charge in [-0.3, -0.25) is 4.79 Å². The molecule has 0 atom stereocenters. The van der Waals surface area contributed by atoms with Crippen molar-refractivity contribution in [1.82, 2.24) is 4.72 Å². The highest BCUT2D eigenvalue weighted by Crippen LogP contribution is 2.22. The molecule has 0 amide bonds. The number of hydrogen-bond donors (Lipinski definition) is 1. The number of nitrogens with one attached hydrogen (secondary N) is 1. The summed E-state index contributed by atoms with van der Waals surface area (Å²) in [7, 11) is -3.74. The van der Waals surface area contributed by atoms with Gasteiger partial charge in [0.1, 0.15) is 13.2 Å². The van der Waals surface area contributed by atoms with Gasteiger partial charge in [0.25, 0.3) is 0 Å². The van der Waals surface area contributed by atoms with Gasteiger partial charge >= 0.3 is 5.97 Å². The lowest BCUT2D eigenvalue weighted by Gasteiger charge is -2.06. The summed E-state index contributed by atoms with van der Waals surface area (Å²) in [6.45, 7) is -0.500. The van der Waals surface area contributed by atoms with Crippen LogP contribution in [0.2, 0.25) is 10.0 Å². The largest absolute Gasteiger partial charge is 0.460 e. The molecule has 0 unspecified atom stereocenters. The van der Waals surface area contributed by atoms with E-state index in [-0.39, 0.29) is 6.61 Å². The molecule has 0 spiro atoms. The maximum absolute atomic E-state index is 11.8. The predicted octanol–water partition coefficient (Wildman–Crippen LogP) is 3.63. The van der Waals surface area contributed by atoms with Crippen molar-refractivity contribution >= 4 is 45.3 Å². The second kappa shape index (κ2) is 9.01. The summed E-state index contributed by atoms with van der Waals surface area (Å²) in [6, 6.07) is 13.8. The molecule has 0 aliphatic carbocycles. The topological polar surface area (TPSA) is 72.5 Å². The number of ether oxygens (including phenoxy) is 1. The zero-order valence-corrected chi connectivity index (χ0v) is 15.3. The van der Waals surface area contributed by atoms with Crippen molar-refractivity contribution in [3.8, 4) is 0 Å². The average Bonchev–Trinajstić information content (AvgIpc) is 2.60. The number of benzene rings is 2. The minimum Gasteiger partial charge on any atom is -0.460 e. The van der Waals surface area contributed by atoms with E-state index in [0.717, 1.165) is 11.0 Å². The van der Waals surface area contributed by atoms with Crippen LogP contribution in [0.4, 0.5) is 0 Å². The van der Waals surface area contributed by atoms with E-state index >= 15 is 0 Å². The quantitative estimate of drug-likeness (QED) is 0.721. The van der Waals surface area contributed by atoms with E-state index in [2.05, 4.69) is 4.72 Å². The molecule has 0 saturated carbocycles. The van der Waals surface area contributed by atoms with Gasteiger partial charge < -0.3 is 4.74 Å². The smallest absolute Gasteiger partial charge is 0.321 e. The summed E-state index contributed by atoms with van der Waals surface area (Å²) < 4.78 is 30.8. The van der Waals surface area contributed by atoms with Crippen molar-refractivity contribution in [3.63, 3.8) is 0 Å². The molecule has 2 aromatic carbocycles. The Kier molecular flexibility index (Phi) is 7.01. The van der Waals surface area contributed by atoms with Crippen LogP contribution in [0.15, 0.2) is 53.9 Å². The normalized spacial score (nSPS) is 11.6.